The third-order valence-corrected chi connectivity index (χ3v) is 5.04. The molecule has 3 aromatic rings. The molecule has 136 valence electrons. The lowest BCUT2D eigenvalue weighted by atomic mass is 9.97. The van der Waals surface area contributed by atoms with E-state index in [-0.39, 0.29) is 17.4 Å². The van der Waals surface area contributed by atoms with E-state index in [4.69, 9.17) is 0 Å². The first-order valence-corrected chi connectivity index (χ1v) is 8.71. The predicted molar refractivity (Wildman–Crippen MR) is 96.8 cm³/mol. The molecular formula is C18H21FN6O. The largest absolute Gasteiger partial charge is 0.350 e. The number of hydrogen-bond acceptors (Lipinski definition) is 4. The van der Waals surface area contributed by atoms with Crippen molar-refractivity contribution in [2.45, 2.75) is 25.7 Å². The number of carbonyl (C=O) groups is 1. The first kappa shape index (κ1) is 16.7. The summed E-state index contributed by atoms with van der Waals surface area (Å²) in [5, 5.41) is 11.3. The lowest BCUT2D eigenvalue weighted by molar-refractivity contribution is 0.102. The van der Waals surface area contributed by atoms with E-state index in [9.17, 15) is 9.18 Å². The molecule has 0 bridgehead atoms. The molecule has 3 heterocycles. The van der Waals surface area contributed by atoms with Gasteiger partial charge in [0.15, 0.2) is 0 Å². The van der Waals surface area contributed by atoms with Crippen molar-refractivity contribution >= 4 is 22.8 Å². The van der Waals surface area contributed by atoms with Gasteiger partial charge in [-0.2, -0.15) is 0 Å². The SMILES string of the molecule is Cc1ccc(F)c2cc(C(=O)Nc3nnc(C4CCN(C)CC4)[nH]3)[nH]c12. The molecule has 0 atom stereocenters. The van der Waals surface area contributed by atoms with E-state index in [1.54, 1.807) is 6.07 Å². The van der Waals surface area contributed by atoms with Crippen LogP contribution >= 0.6 is 0 Å². The average molecular weight is 356 g/mol. The Labute approximate surface area is 150 Å². The maximum Gasteiger partial charge on any atom is 0.274 e. The molecule has 0 radical (unpaired) electrons. The molecular weight excluding hydrogens is 335 g/mol. The monoisotopic (exact) mass is 356 g/mol. The summed E-state index contributed by atoms with van der Waals surface area (Å²) in [5.74, 6) is 0.692. The number of nitrogens with zero attached hydrogens (tertiary/aromatic N) is 3. The summed E-state index contributed by atoms with van der Waals surface area (Å²) >= 11 is 0. The summed E-state index contributed by atoms with van der Waals surface area (Å²) in [5.41, 5.74) is 1.79. The number of carbonyl (C=O) groups excluding carboxylic acids is 1. The van der Waals surface area contributed by atoms with E-state index in [0.717, 1.165) is 37.3 Å². The number of rotatable bonds is 3. The number of H-pyrrole nitrogens is 2. The number of aromatic amines is 2. The van der Waals surface area contributed by atoms with E-state index in [1.807, 2.05) is 6.92 Å². The molecule has 1 amide bonds. The molecule has 0 spiro atoms. The number of likely N-dealkylation sites (tertiary alicyclic amines) is 1. The summed E-state index contributed by atoms with van der Waals surface area (Å²) < 4.78 is 13.9. The van der Waals surface area contributed by atoms with Crippen LogP contribution in [0, 0.1) is 12.7 Å². The van der Waals surface area contributed by atoms with Crippen LogP contribution in [0.1, 0.15) is 40.6 Å². The molecule has 1 saturated heterocycles. The van der Waals surface area contributed by atoms with Gasteiger partial charge in [0.2, 0.25) is 5.95 Å². The Balaban J connectivity index is 1.50. The van der Waals surface area contributed by atoms with Crippen molar-refractivity contribution in [2.75, 3.05) is 25.5 Å². The maximum atomic E-state index is 13.9. The maximum absolute atomic E-state index is 13.9. The van der Waals surface area contributed by atoms with Crippen LogP contribution in [0.15, 0.2) is 18.2 Å². The van der Waals surface area contributed by atoms with Crippen molar-refractivity contribution in [3.8, 4) is 0 Å². The van der Waals surface area contributed by atoms with E-state index in [0.29, 0.717) is 22.8 Å². The van der Waals surface area contributed by atoms with Gasteiger partial charge in [-0.05, 0) is 57.6 Å². The molecule has 1 fully saturated rings. The van der Waals surface area contributed by atoms with Crippen LogP contribution in [0.5, 0.6) is 0 Å². The van der Waals surface area contributed by atoms with Gasteiger partial charge in [0.05, 0.1) is 5.52 Å². The van der Waals surface area contributed by atoms with Gasteiger partial charge in [-0.15, -0.1) is 10.2 Å². The molecule has 1 aromatic carbocycles. The number of amides is 1. The van der Waals surface area contributed by atoms with Gasteiger partial charge < -0.3 is 14.9 Å². The summed E-state index contributed by atoms with van der Waals surface area (Å²) in [6.45, 7) is 3.91. The smallest absolute Gasteiger partial charge is 0.274 e. The van der Waals surface area contributed by atoms with Crippen LogP contribution in [-0.4, -0.2) is 51.1 Å². The summed E-state index contributed by atoms with van der Waals surface area (Å²) in [7, 11) is 2.10. The van der Waals surface area contributed by atoms with E-state index < -0.39 is 0 Å². The highest BCUT2D eigenvalue weighted by molar-refractivity contribution is 6.05. The summed E-state index contributed by atoms with van der Waals surface area (Å²) in [6, 6.07) is 4.60. The number of anilines is 1. The van der Waals surface area contributed by atoms with Gasteiger partial charge in [0.1, 0.15) is 17.3 Å². The van der Waals surface area contributed by atoms with Crippen LogP contribution in [0.25, 0.3) is 10.9 Å². The zero-order chi connectivity index (χ0) is 18.3. The van der Waals surface area contributed by atoms with E-state index in [1.165, 1.54) is 12.1 Å². The number of halogens is 1. The summed E-state index contributed by atoms with van der Waals surface area (Å²) in [4.78, 5) is 20.8. The molecule has 0 saturated carbocycles. The number of aryl methyl sites for hydroxylation is 1. The minimum Gasteiger partial charge on any atom is -0.350 e. The van der Waals surface area contributed by atoms with Crippen LogP contribution in [-0.2, 0) is 0 Å². The fraction of sp³-hybridized carbons (Fsp3) is 0.389. The molecule has 1 aliphatic heterocycles. The highest BCUT2D eigenvalue weighted by Crippen LogP contribution is 2.26. The Hall–Kier alpha value is -2.74. The normalized spacial score (nSPS) is 16.3. The fourth-order valence-electron chi connectivity index (χ4n) is 3.42. The Kier molecular flexibility index (Phi) is 4.20. The molecule has 26 heavy (non-hydrogen) atoms. The second-order valence-corrected chi connectivity index (χ2v) is 6.93. The van der Waals surface area contributed by atoms with Gasteiger partial charge in [-0.25, -0.2) is 4.39 Å². The number of piperidine rings is 1. The van der Waals surface area contributed by atoms with Crippen molar-refractivity contribution < 1.29 is 9.18 Å². The Bertz CT molecular complexity index is 915. The van der Waals surface area contributed by atoms with E-state index in [2.05, 4.69) is 37.4 Å². The van der Waals surface area contributed by atoms with Crippen molar-refractivity contribution in [3.05, 3.63) is 41.1 Å². The van der Waals surface area contributed by atoms with Crippen molar-refractivity contribution in [1.82, 2.24) is 25.1 Å². The molecule has 2 aromatic heterocycles. The van der Waals surface area contributed by atoms with Gasteiger partial charge in [0, 0.05) is 11.3 Å². The highest BCUT2D eigenvalue weighted by Gasteiger charge is 2.22. The number of aromatic nitrogens is 4. The number of nitrogens with one attached hydrogen (secondary N) is 3. The molecule has 0 aliphatic carbocycles. The van der Waals surface area contributed by atoms with Gasteiger partial charge in [-0.1, -0.05) is 6.07 Å². The molecule has 4 rings (SSSR count). The average Bonchev–Trinajstić information content (AvgIpc) is 3.27. The number of fused-ring (bicyclic) bond motifs is 1. The Morgan fingerprint density at radius 1 is 1.27 bits per heavy atom. The second kappa shape index (κ2) is 6.53. The first-order chi connectivity index (χ1) is 12.5. The zero-order valence-electron chi connectivity index (χ0n) is 14.8. The fourth-order valence-corrected chi connectivity index (χ4v) is 3.42. The standard InChI is InChI=1S/C18H21FN6O/c1-10-3-4-13(19)12-9-14(20-15(10)12)17(26)22-18-21-16(23-24-18)11-5-7-25(2)8-6-11/h3-4,9,11,20H,5-8H2,1-2H3,(H2,21,22,23,24,26). The molecule has 3 N–H and O–H groups in total. The number of benzene rings is 1. The van der Waals surface area contributed by atoms with Crippen LogP contribution in [0.2, 0.25) is 0 Å². The third-order valence-electron chi connectivity index (χ3n) is 5.04. The predicted octanol–water partition coefficient (Wildman–Crippen LogP) is 2.80. The molecule has 0 unspecified atom stereocenters. The van der Waals surface area contributed by atoms with Gasteiger partial charge in [0.25, 0.3) is 5.91 Å². The van der Waals surface area contributed by atoms with Gasteiger partial charge in [-0.3, -0.25) is 10.1 Å². The minimum atomic E-state index is -0.383. The quantitative estimate of drug-likeness (QED) is 0.673. The van der Waals surface area contributed by atoms with Crippen LogP contribution < -0.4 is 5.32 Å². The molecule has 7 nitrogen and oxygen atoms in total. The lowest BCUT2D eigenvalue weighted by Gasteiger charge is -2.27. The Morgan fingerprint density at radius 2 is 2.04 bits per heavy atom. The van der Waals surface area contributed by atoms with Crippen LogP contribution in [0.4, 0.5) is 10.3 Å². The number of hydrogen-bond donors (Lipinski definition) is 3. The minimum absolute atomic E-state index is 0.283. The Morgan fingerprint density at radius 3 is 2.77 bits per heavy atom. The summed E-state index contributed by atoms with van der Waals surface area (Å²) in [6.07, 6.45) is 2.03. The second-order valence-electron chi connectivity index (χ2n) is 6.93. The highest BCUT2D eigenvalue weighted by atomic mass is 19.1. The molecule has 1 aliphatic rings. The van der Waals surface area contributed by atoms with Gasteiger partial charge >= 0.3 is 0 Å². The first-order valence-electron chi connectivity index (χ1n) is 8.71. The topological polar surface area (TPSA) is 89.7 Å². The third kappa shape index (κ3) is 3.08. The van der Waals surface area contributed by atoms with Crippen molar-refractivity contribution in [1.29, 1.82) is 0 Å². The zero-order valence-corrected chi connectivity index (χ0v) is 14.8. The van der Waals surface area contributed by atoms with Crippen LogP contribution in [0.3, 0.4) is 0 Å². The van der Waals surface area contributed by atoms with Crippen molar-refractivity contribution in [2.24, 2.45) is 0 Å². The lowest BCUT2D eigenvalue weighted by Crippen LogP contribution is -2.29. The molecule has 8 heteroatoms. The van der Waals surface area contributed by atoms with E-state index >= 15 is 0 Å². The van der Waals surface area contributed by atoms with Crippen molar-refractivity contribution in [3.63, 3.8) is 0 Å².